The van der Waals surface area contributed by atoms with E-state index >= 15 is 0 Å². The number of hydrogen-bond acceptors (Lipinski definition) is 4. The van der Waals surface area contributed by atoms with Crippen molar-refractivity contribution in [1.29, 1.82) is 0 Å². The summed E-state index contributed by atoms with van der Waals surface area (Å²) in [6.45, 7) is 6.42. The minimum Gasteiger partial charge on any atom is -0.484 e. The van der Waals surface area contributed by atoms with Crippen LogP contribution < -0.4 is 10.1 Å². The molecule has 4 nitrogen and oxygen atoms in total. The standard InChI is InChI=1S/C19H24N2O2S/c1-12(2)15-9-8-14(10-13(15)3)23-11-18(22)21-19-20-16-6-4-5-7-17(16)24-19/h8-10,12H,4-7,11H2,1-3H3,(H,20,21,22). The molecule has 0 fully saturated rings. The number of carbonyl (C=O) groups excluding carboxylic acids is 1. The summed E-state index contributed by atoms with van der Waals surface area (Å²) in [4.78, 5) is 17.9. The third kappa shape index (κ3) is 3.96. The van der Waals surface area contributed by atoms with Gasteiger partial charge in [0.05, 0.1) is 5.69 Å². The van der Waals surface area contributed by atoms with E-state index in [2.05, 4.69) is 37.1 Å². The van der Waals surface area contributed by atoms with Crippen molar-refractivity contribution in [2.24, 2.45) is 0 Å². The van der Waals surface area contributed by atoms with Crippen molar-refractivity contribution >= 4 is 22.4 Å². The number of benzene rings is 1. The Morgan fingerprint density at radius 1 is 1.33 bits per heavy atom. The van der Waals surface area contributed by atoms with Gasteiger partial charge in [-0.25, -0.2) is 4.98 Å². The number of thiazole rings is 1. The number of nitrogens with one attached hydrogen (secondary N) is 1. The molecule has 5 heteroatoms. The topological polar surface area (TPSA) is 51.2 Å². The van der Waals surface area contributed by atoms with Gasteiger partial charge in [0.1, 0.15) is 5.75 Å². The highest BCUT2D eigenvalue weighted by Crippen LogP contribution is 2.29. The van der Waals surface area contributed by atoms with Crippen molar-refractivity contribution in [2.75, 3.05) is 11.9 Å². The summed E-state index contributed by atoms with van der Waals surface area (Å²) in [6.07, 6.45) is 4.52. The Balaban J connectivity index is 1.56. The van der Waals surface area contributed by atoms with E-state index in [0.717, 1.165) is 24.3 Å². The first-order chi connectivity index (χ1) is 11.5. The first-order valence-electron chi connectivity index (χ1n) is 8.54. The first kappa shape index (κ1) is 17.0. The fourth-order valence-electron chi connectivity index (χ4n) is 3.10. The second kappa shape index (κ2) is 7.34. The fourth-order valence-corrected chi connectivity index (χ4v) is 4.16. The second-order valence-corrected chi connectivity index (χ2v) is 7.69. The van der Waals surface area contributed by atoms with Crippen molar-refractivity contribution < 1.29 is 9.53 Å². The Kier molecular flexibility index (Phi) is 5.19. The molecule has 1 aliphatic carbocycles. The molecule has 1 amide bonds. The van der Waals surface area contributed by atoms with E-state index in [1.807, 2.05) is 12.1 Å². The quantitative estimate of drug-likeness (QED) is 0.870. The molecule has 24 heavy (non-hydrogen) atoms. The monoisotopic (exact) mass is 344 g/mol. The molecular formula is C19H24N2O2S. The zero-order valence-electron chi connectivity index (χ0n) is 14.5. The molecule has 1 N–H and O–H groups in total. The van der Waals surface area contributed by atoms with Gasteiger partial charge < -0.3 is 4.74 Å². The second-order valence-electron chi connectivity index (χ2n) is 6.61. The Labute approximate surface area is 147 Å². The maximum absolute atomic E-state index is 12.1. The molecule has 0 radical (unpaired) electrons. The van der Waals surface area contributed by atoms with Crippen LogP contribution in [0.5, 0.6) is 5.75 Å². The van der Waals surface area contributed by atoms with Crippen molar-refractivity contribution in [2.45, 2.75) is 52.4 Å². The molecule has 1 aromatic heterocycles. The number of rotatable bonds is 5. The van der Waals surface area contributed by atoms with Crippen molar-refractivity contribution in [3.63, 3.8) is 0 Å². The average molecular weight is 344 g/mol. The van der Waals surface area contributed by atoms with Gasteiger partial charge in [0.2, 0.25) is 0 Å². The largest absolute Gasteiger partial charge is 0.484 e. The lowest BCUT2D eigenvalue weighted by atomic mass is 9.98. The molecule has 0 atom stereocenters. The van der Waals surface area contributed by atoms with Crippen LogP contribution in [0.4, 0.5) is 5.13 Å². The predicted molar refractivity (Wildman–Crippen MR) is 98.1 cm³/mol. The Morgan fingerprint density at radius 3 is 2.83 bits per heavy atom. The molecule has 128 valence electrons. The zero-order valence-corrected chi connectivity index (χ0v) is 15.3. The van der Waals surface area contributed by atoms with Crippen molar-refractivity contribution in [3.8, 4) is 5.75 Å². The molecule has 0 aliphatic heterocycles. The third-order valence-electron chi connectivity index (χ3n) is 4.33. The van der Waals surface area contributed by atoms with Crippen LogP contribution in [0, 0.1) is 6.92 Å². The van der Waals surface area contributed by atoms with E-state index in [0.29, 0.717) is 11.0 Å². The minimum absolute atomic E-state index is 0.00467. The van der Waals surface area contributed by atoms with Gasteiger partial charge in [-0.3, -0.25) is 10.1 Å². The van der Waals surface area contributed by atoms with Gasteiger partial charge in [-0.1, -0.05) is 19.9 Å². The summed E-state index contributed by atoms with van der Waals surface area (Å²) in [5, 5.41) is 3.55. The highest BCUT2D eigenvalue weighted by atomic mass is 32.1. The van der Waals surface area contributed by atoms with Crippen LogP contribution in [0.2, 0.25) is 0 Å². The zero-order chi connectivity index (χ0) is 17.1. The normalized spacial score (nSPS) is 13.7. The van der Waals surface area contributed by atoms with Crippen LogP contribution in [0.25, 0.3) is 0 Å². The van der Waals surface area contributed by atoms with E-state index in [9.17, 15) is 4.79 Å². The Hall–Kier alpha value is -1.88. The number of carbonyl (C=O) groups is 1. The van der Waals surface area contributed by atoms with E-state index < -0.39 is 0 Å². The summed E-state index contributed by atoms with van der Waals surface area (Å²) in [6, 6.07) is 5.99. The summed E-state index contributed by atoms with van der Waals surface area (Å²) >= 11 is 1.59. The van der Waals surface area contributed by atoms with E-state index in [-0.39, 0.29) is 12.5 Å². The van der Waals surface area contributed by atoms with Gasteiger partial charge in [0.25, 0.3) is 5.91 Å². The number of hydrogen-bond donors (Lipinski definition) is 1. The number of nitrogens with zero attached hydrogens (tertiary/aromatic N) is 1. The summed E-state index contributed by atoms with van der Waals surface area (Å²) in [5.41, 5.74) is 3.65. The number of amides is 1. The maximum Gasteiger partial charge on any atom is 0.264 e. The SMILES string of the molecule is Cc1cc(OCC(=O)Nc2nc3c(s2)CCCC3)ccc1C(C)C. The van der Waals surface area contributed by atoms with Crippen molar-refractivity contribution in [3.05, 3.63) is 39.9 Å². The molecule has 3 rings (SSSR count). The third-order valence-corrected chi connectivity index (χ3v) is 5.40. The van der Waals surface area contributed by atoms with Gasteiger partial charge in [0.15, 0.2) is 11.7 Å². The molecule has 1 heterocycles. The van der Waals surface area contributed by atoms with Gasteiger partial charge >= 0.3 is 0 Å². The van der Waals surface area contributed by atoms with Gasteiger partial charge in [-0.15, -0.1) is 11.3 Å². The highest BCUT2D eigenvalue weighted by Gasteiger charge is 2.16. The van der Waals surface area contributed by atoms with Gasteiger partial charge in [-0.2, -0.15) is 0 Å². The summed E-state index contributed by atoms with van der Waals surface area (Å²) in [7, 11) is 0. The highest BCUT2D eigenvalue weighted by molar-refractivity contribution is 7.15. The molecule has 1 aromatic carbocycles. The van der Waals surface area contributed by atoms with Crippen LogP contribution in [0.3, 0.4) is 0 Å². The van der Waals surface area contributed by atoms with E-state index in [4.69, 9.17) is 4.74 Å². The summed E-state index contributed by atoms with van der Waals surface area (Å²) in [5.74, 6) is 1.05. The van der Waals surface area contributed by atoms with Crippen LogP contribution in [0.1, 0.15) is 54.3 Å². The number of ether oxygens (including phenoxy) is 1. The van der Waals surface area contributed by atoms with Gasteiger partial charge in [0, 0.05) is 4.88 Å². The molecule has 2 aromatic rings. The van der Waals surface area contributed by atoms with Crippen molar-refractivity contribution in [1.82, 2.24) is 4.98 Å². The summed E-state index contributed by atoms with van der Waals surface area (Å²) < 4.78 is 5.62. The van der Waals surface area contributed by atoms with Crippen LogP contribution in [-0.2, 0) is 17.6 Å². The van der Waals surface area contributed by atoms with Crippen LogP contribution in [0.15, 0.2) is 18.2 Å². The molecule has 0 spiro atoms. The number of aromatic nitrogens is 1. The molecular weight excluding hydrogens is 320 g/mol. The molecule has 0 bridgehead atoms. The van der Waals surface area contributed by atoms with Gasteiger partial charge in [-0.05, 0) is 61.8 Å². The molecule has 0 unspecified atom stereocenters. The predicted octanol–water partition coefficient (Wildman–Crippen LogP) is 4.47. The lowest BCUT2D eigenvalue weighted by molar-refractivity contribution is -0.118. The maximum atomic E-state index is 12.1. The Morgan fingerprint density at radius 2 is 2.12 bits per heavy atom. The van der Waals surface area contributed by atoms with Crippen LogP contribution in [-0.4, -0.2) is 17.5 Å². The Bertz CT molecular complexity index is 713. The molecule has 0 saturated carbocycles. The molecule has 0 saturated heterocycles. The average Bonchev–Trinajstić information content (AvgIpc) is 2.94. The minimum atomic E-state index is -0.160. The fraction of sp³-hybridized carbons (Fsp3) is 0.474. The van der Waals surface area contributed by atoms with E-state index in [1.54, 1.807) is 11.3 Å². The lowest BCUT2D eigenvalue weighted by Gasteiger charge is -2.12. The molecule has 1 aliphatic rings. The number of fused-ring (bicyclic) bond motifs is 1. The van der Waals surface area contributed by atoms with E-state index in [1.165, 1.54) is 28.8 Å². The first-order valence-corrected chi connectivity index (χ1v) is 9.36. The lowest BCUT2D eigenvalue weighted by Crippen LogP contribution is -2.20. The number of aryl methyl sites for hydroxylation is 3. The van der Waals surface area contributed by atoms with Crippen LogP contribution >= 0.6 is 11.3 Å². The number of anilines is 1. The smallest absolute Gasteiger partial charge is 0.264 e.